The molecule has 0 fully saturated rings. The molecule has 0 spiro atoms. The maximum atomic E-state index is 12.0. The van der Waals surface area contributed by atoms with E-state index in [-0.39, 0.29) is 23.7 Å². The third kappa shape index (κ3) is 5.02. The molecule has 0 bridgehead atoms. The largest absolute Gasteiger partial charge is 0.496 e. The van der Waals surface area contributed by atoms with Gasteiger partial charge in [0.2, 0.25) is 5.91 Å². The van der Waals surface area contributed by atoms with Gasteiger partial charge in [-0.3, -0.25) is 4.79 Å². The summed E-state index contributed by atoms with van der Waals surface area (Å²) in [5, 5.41) is 2.86. The van der Waals surface area contributed by atoms with E-state index >= 15 is 0 Å². The molecule has 1 amide bonds. The van der Waals surface area contributed by atoms with Crippen LogP contribution in [0, 0.1) is 12.3 Å². The first-order valence-corrected chi connectivity index (χ1v) is 6.42. The van der Waals surface area contributed by atoms with E-state index in [9.17, 15) is 4.79 Å². The van der Waals surface area contributed by atoms with Gasteiger partial charge in [0.1, 0.15) is 5.75 Å². The van der Waals surface area contributed by atoms with Crippen LogP contribution in [-0.2, 0) is 11.3 Å². The van der Waals surface area contributed by atoms with Gasteiger partial charge in [-0.25, -0.2) is 0 Å². The minimum Gasteiger partial charge on any atom is -0.496 e. The Bertz CT molecular complexity index is 456. The van der Waals surface area contributed by atoms with E-state index in [0.29, 0.717) is 6.54 Å². The molecular weight excluding hydrogens is 276 g/mol. The highest BCUT2D eigenvalue weighted by molar-refractivity contribution is 5.85. The van der Waals surface area contributed by atoms with Crippen molar-refractivity contribution in [2.24, 2.45) is 11.1 Å². The molecule has 3 N–H and O–H groups in total. The molecule has 0 heterocycles. The number of ether oxygens (including phenoxy) is 1. The summed E-state index contributed by atoms with van der Waals surface area (Å²) in [6.45, 7) is 8.27. The lowest BCUT2D eigenvalue weighted by atomic mass is 9.87. The third-order valence-electron chi connectivity index (χ3n) is 3.11. The Balaban J connectivity index is 0.00000361. The van der Waals surface area contributed by atoms with Gasteiger partial charge < -0.3 is 15.8 Å². The molecular formula is C15H25ClN2O2. The topological polar surface area (TPSA) is 64.3 Å². The third-order valence-corrected chi connectivity index (χ3v) is 3.11. The van der Waals surface area contributed by atoms with Crippen LogP contribution in [0.4, 0.5) is 0 Å². The van der Waals surface area contributed by atoms with Crippen molar-refractivity contribution in [1.82, 2.24) is 5.32 Å². The molecule has 114 valence electrons. The van der Waals surface area contributed by atoms with Crippen LogP contribution in [0.5, 0.6) is 5.75 Å². The molecule has 0 unspecified atom stereocenters. The van der Waals surface area contributed by atoms with Crippen molar-refractivity contribution in [3.63, 3.8) is 0 Å². The zero-order chi connectivity index (χ0) is 14.6. The number of amides is 1. The van der Waals surface area contributed by atoms with Crippen LogP contribution in [-0.4, -0.2) is 19.1 Å². The fourth-order valence-corrected chi connectivity index (χ4v) is 1.68. The highest BCUT2D eigenvalue weighted by Crippen LogP contribution is 2.20. The van der Waals surface area contributed by atoms with Gasteiger partial charge in [0.25, 0.3) is 0 Å². The molecule has 0 aliphatic heterocycles. The molecule has 1 rings (SSSR count). The summed E-state index contributed by atoms with van der Waals surface area (Å²) in [6.07, 6.45) is 0. The summed E-state index contributed by atoms with van der Waals surface area (Å²) in [4.78, 5) is 12.0. The maximum Gasteiger partial charge on any atom is 0.237 e. The van der Waals surface area contributed by atoms with E-state index < -0.39 is 6.04 Å². The number of hydrogen-bond donors (Lipinski definition) is 2. The van der Waals surface area contributed by atoms with Crippen molar-refractivity contribution in [1.29, 1.82) is 0 Å². The van der Waals surface area contributed by atoms with Gasteiger partial charge in [-0.05, 0) is 24.0 Å². The minimum absolute atomic E-state index is 0. The second-order valence-electron chi connectivity index (χ2n) is 5.88. The number of halogens is 1. The zero-order valence-corrected chi connectivity index (χ0v) is 13.6. The second kappa shape index (κ2) is 7.50. The highest BCUT2D eigenvalue weighted by Gasteiger charge is 2.27. The monoisotopic (exact) mass is 300 g/mol. The van der Waals surface area contributed by atoms with E-state index in [1.54, 1.807) is 7.11 Å². The summed E-state index contributed by atoms with van der Waals surface area (Å²) in [5.41, 5.74) is 7.73. The normalized spacial score (nSPS) is 12.3. The van der Waals surface area contributed by atoms with E-state index in [0.717, 1.165) is 16.9 Å². The molecule has 0 aliphatic rings. The van der Waals surface area contributed by atoms with E-state index in [4.69, 9.17) is 10.5 Å². The van der Waals surface area contributed by atoms with Crippen molar-refractivity contribution in [3.8, 4) is 5.75 Å². The average Bonchev–Trinajstić information content (AvgIpc) is 2.34. The Morgan fingerprint density at radius 1 is 1.40 bits per heavy atom. The van der Waals surface area contributed by atoms with E-state index in [1.807, 2.05) is 45.9 Å². The lowest BCUT2D eigenvalue weighted by Crippen LogP contribution is -2.48. The van der Waals surface area contributed by atoms with E-state index in [1.165, 1.54) is 0 Å². The van der Waals surface area contributed by atoms with Crippen LogP contribution in [0.15, 0.2) is 18.2 Å². The second-order valence-corrected chi connectivity index (χ2v) is 5.88. The molecule has 0 aliphatic carbocycles. The van der Waals surface area contributed by atoms with Crippen LogP contribution >= 0.6 is 12.4 Å². The highest BCUT2D eigenvalue weighted by atomic mass is 35.5. The van der Waals surface area contributed by atoms with Crippen LogP contribution in [0.25, 0.3) is 0 Å². The molecule has 0 radical (unpaired) electrons. The molecule has 1 aromatic carbocycles. The minimum atomic E-state index is -0.524. The summed E-state index contributed by atoms with van der Waals surface area (Å²) in [7, 11) is 1.63. The van der Waals surface area contributed by atoms with Crippen LogP contribution in [0.3, 0.4) is 0 Å². The smallest absolute Gasteiger partial charge is 0.237 e. The van der Waals surface area contributed by atoms with Gasteiger partial charge in [0.15, 0.2) is 0 Å². The first-order chi connectivity index (χ1) is 8.75. The number of carbonyl (C=O) groups excluding carboxylic acids is 1. The number of rotatable bonds is 4. The molecule has 4 nitrogen and oxygen atoms in total. The Hall–Kier alpha value is -1.26. The molecule has 0 aromatic heterocycles. The quantitative estimate of drug-likeness (QED) is 0.897. The number of nitrogens with one attached hydrogen (secondary N) is 1. The molecule has 5 heteroatoms. The van der Waals surface area contributed by atoms with Crippen LogP contribution in [0.1, 0.15) is 31.9 Å². The van der Waals surface area contributed by atoms with Gasteiger partial charge in [0.05, 0.1) is 13.2 Å². The predicted molar refractivity (Wildman–Crippen MR) is 84.3 cm³/mol. The maximum absolute atomic E-state index is 12.0. The van der Waals surface area contributed by atoms with Crippen LogP contribution in [0.2, 0.25) is 0 Å². The number of nitrogens with two attached hydrogens (primary N) is 1. The van der Waals surface area contributed by atoms with E-state index in [2.05, 4.69) is 5.32 Å². The Morgan fingerprint density at radius 2 is 2.00 bits per heavy atom. The lowest BCUT2D eigenvalue weighted by Gasteiger charge is -2.26. The van der Waals surface area contributed by atoms with Gasteiger partial charge in [-0.15, -0.1) is 12.4 Å². The first-order valence-electron chi connectivity index (χ1n) is 6.42. The zero-order valence-electron chi connectivity index (χ0n) is 12.8. The Labute approximate surface area is 127 Å². The number of aryl methyl sites for hydroxylation is 1. The number of benzene rings is 1. The molecule has 20 heavy (non-hydrogen) atoms. The average molecular weight is 301 g/mol. The summed E-state index contributed by atoms with van der Waals surface area (Å²) < 4.78 is 5.30. The number of methoxy groups -OCH3 is 1. The number of carbonyl (C=O) groups is 1. The Morgan fingerprint density at radius 3 is 2.50 bits per heavy atom. The van der Waals surface area contributed by atoms with Crippen molar-refractivity contribution in [2.75, 3.05) is 7.11 Å². The fourth-order valence-electron chi connectivity index (χ4n) is 1.68. The molecule has 0 saturated heterocycles. The van der Waals surface area contributed by atoms with Crippen molar-refractivity contribution >= 4 is 18.3 Å². The molecule has 0 saturated carbocycles. The van der Waals surface area contributed by atoms with Crippen molar-refractivity contribution < 1.29 is 9.53 Å². The standard InChI is InChI=1S/C15H24N2O2.ClH/c1-10-6-7-11(12(8-10)19-5)9-17-14(18)13(16)15(2,3)4;/h6-8,13H,9,16H2,1-5H3,(H,17,18);1H/t13-;/m1./s1. The lowest BCUT2D eigenvalue weighted by molar-refractivity contribution is -0.124. The van der Waals surface area contributed by atoms with Gasteiger partial charge in [0, 0.05) is 12.1 Å². The van der Waals surface area contributed by atoms with Crippen LogP contribution < -0.4 is 15.8 Å². The van der Waals surface area contributed by atoms with Crippen molar-refractivity contribution in [3.05, 3.63) is 29.3 Å². The SMILES string of the molecule is COc1cc(C)ccc1CNC(=O)[C@@H](N)C(C)(C)C.Cl. The fraction of sp³-hybridized carbons (Fsp3) is 0.533. The summed E-state index contributed by atoms with van der Waals surface area (Å²) in [5.74, 6) is 0.639. The molecule has 1 atom stereocenters. The predicted octanol–water partition coefficient (Wildman–Crippen LogP) is 2.42. The summed E-state index contributed by atoms with van der Waals surface area (Å²) in [6, 6.07) is 5.37. The molecule has 1 aromatic rings. The van der Waals surface area contributed by atoms with Gasteiger partial charge in [-0.2, -0.15) is 0 Å². The van der Waals surface area contributed by atoms with Gasteiger partial charge in [-0.1, -0.05) is 32.9 Å². The summed E-state index contributed by atoms with van der Waals surface area (Å²) >= 11 is 0. The van der Waals surface area contributed by atoms with Gasteiger partial charge >= 0.3 is 0 Å². The first kappa shape index (κ1) is 18.7. The number of hydrogen-bond acceptors (Lipinski definition) is 3. The Kier molecular flexibility index (Phi) is 7.03. The van der Waals surface area contributed by atoms with Crippen molar-refractivity contribution in [2.45, 2.75) is 40.3 Å².